The standard InChI is InChI=1S/C9H13NO4/c11-8(6-3-7(6)9(12)13)10-5-1-2-14-4-5/h5-7H,1-4H2,(H,10,11)(H,12,13). The third-order valence-electron chi connectivity index (χ3n) is 2.72. The number of aliphatic carboxylic acids is 1. The molecule has 1 saturated carbocycles. The molecule has 0 bridgehead atoms. The number of nitrogens with one attached hydrogen (secondary N) is 1. The highest BCUT2D eigenvalue weighted by Crippen LogP contribution is 2.38. The predicted octanol–water partition coefficient (Wildman–Crippen LogP) is -0.388. The number of rotatable bonds is 3. The lowest BCUT2D eigenvalue weighted by atomic mass is 10.2. The number of hydrogen-bond donors (Lipinski definition) is 2. The van der Waals surface area contributed by atoms with Crippen molar-refractivity contribution in [3.8, 4) is 0 Å². The van der Waals surface area contributed by atoms with E-state index in [9.17, 15) is 9.59 Å². The van der Waals surface area contributed by atoms with Gasteiger partial charge in [0.15, 0.2) is 0 Å². The van der Waals surface area contributed by atoms with Crippen molar-refractivity contribution in [2.75, 3.05) is 13.2 Å². The van der Waals surface area contributed by atoms with E-state index in [1.807, 2.05) is 0 Å². The van der Waals surface area contributed by atoms with E-state index in [-0.39, 0.29) is 17.9 Å². The molecule has 1 heterocycles. The molecule has 2 fully saturated rings. The Labute approximate surface area is 81.4 Å². The first-order valence-corrected chi connectivity index (χ1v) is 4.79. The minimum atomic E-state index is -0.868. The van der Waals surface area contributed by atoms with E-state index in [1.165, 1.54) is 0 Å². The van der Waals surface area contributed by atoms with Crippen molar-refractivity contribution in [3.63, 3.8) is 0 Å². The monoisotopic (exact) mass is 199 g/mol. The summed E-state index contributed by atoms with van der Waals surface area (Å²) >= 11 is 0. The third kappa shape index (κ3) is 1.87. The first kappa shape index (κ1) is 9.45. The number of hydrogen-bond acceptors (Lipinski definition) is 3. The largest absolute Gasteiger partial charge is 0.481 e. The van der Waals surface area contributed by atoms with Gasteiger partial charge in [0, 0.05) is 6.61 Å². The molecular weight excluding hydrogens is 186 g/mol. The Balaban J connectivity index is 1.77. The van der Waals surface area contributed by atoms with Crippen molar-refractivity contribution in [2.24, 2.45) is 11.8 Å². The summed E-state index contributed by atoms with van der Waals surface area (Å²) in [6, 6.07) is 0.0811. The Morgan fingerprint density at radius 1 is 1.36 bits per heavy atom. The summed E-state index contributed by atoms with van der Waals surface area (Å²) in [4.78, 5) is 22.0. The molecule has 0 spiro atoms. The molecule has 2 rings (SSSR count). The van der Waals surface area contributed by atoms with E-state index < -0.39 is 11.9 Å². The van der Waals surface area contributed by atoms with Crippen molar-refractivity contribution in [1.29, 1.82) is 0 Å². The quantitative estimate of drug-likeness (QED) is 0.649. The van der Waals surface area contributed by atoms with Crippen molar-refractivity contribution >= 4 is 11.9 Å². The highest BCUT2D eigenvalue weighted by Gasteiger charge is 2.48. The van der Waals surface area contributed by atoms with E-state index in [1.54, 1.807) is 0 Å². The van der Waals surface area contributed by atoms with Crippen LogP contribution in [0.3, 0.4) is 0 Å². The highest BCUT2D eigenvalue weighted by atomic mass is 16.5. The van der Waals surface area contributed by atoms with Gasteiger partial charge in [-0.25, -0.2) is 0 Å². The number of carboxylic acid groups (broad SMARTS) is 1. The molecule has 3 unspecified atom stereocenters. The molecule has 1 amide bonds. The molecule has 0 aromatic heterocycles. The molecule has 5 heteroatoms. The lowest BCUT2D eigenvalue weighted by Crippen LogP contribution is -2.36. The Morgan fingerprint density at radius 3 is 2.64 bits per heavy atom. The van der Waals surface area contributed by atoms with Gasteiger partial charge in [-0.3, -0.25) is 9.59 Å². The Kier molecular flexibility index (Phi) is 2.41. The van der Waals surface area contributed by atoms with Crippen LogP contribution in [-0.2, 0) is 14.3 Å². The van der Waals surface area contributed by atoms with E-state index in [4.69, 9.17) is 9.84 Å². The normalized spacial score (nSPS) is 35.3. The molecule has 0 aromatic carbocycles. The summed E-state index contributed by atoms with van der Waals surface area (Å²) in [6.45, 7) is 1.23. The SMILES string of the molecule is O=C(O)C1CC1C(=O)NC1CCOC1. The predicted molar refractivity (Wildman–Crippen MR) is 46.6 cm³/mol. The molecule has 0 radical (unpaired) electrons. The lowest BCUT2D eigenvalue weighted by Gasteiger charge is -2.09. The maximum atomic E-state index is 11.4. The van der Waals surface area contributed by atoms with E-state index in [0.29, 0.717) is 19.6 Å². The van der Waals surface area contributed by atoms with E-state index in [2.05, 4.69) is 5.32 Å². The van der Waals surface area contributed by atoms with Crippen LogP contribution in [0.1, 0.15) is 12.8 Å². The van der Waals surface area contributed by atoms with Gasteiger partial charge in [0.2, 0.25) is 5.91 Å². The van der Waals surface area contributed by atoms with Crippen molar-refractivity contribution in [1.82, 2.24) is 5.32 Å². The summed E-state index contributed by atoms with van der Waals surface area (Å²) in [5.74, 6) is -1.77. The van der Waals surface area contributed by atoms with Gasteiger partial charge in [0.1, 0.15) is 0 Å². The fourth-order valence-corrected chi connectivity index (χ4v) is 1.71. The number of amides is 1. The average Bonchev–Trinajstić information content (AvgIpc) is 2.80. The van der Waals surface area contributed by atoms with Crippen LogP contribution in [-0.4, -0.2) is 36.2 Å². The van der Waals surface area contributed by atoms with E-state index in [0.717, 1.165) is 6.42 Å². The summed E-state index contributed by atoms with van der Waals surface area (Å²) in [6.07, 6.45) is 1.31. The molecule has 14 heavy (non-hydrogen) atoms. The molecule has 1 aliphatic carbocycles. The van der Waals surface area contributed by atoms with Crippen LogP contribution in [0.15, 0.2) is 0 Å². The Morgan fingerprint density at radius 2 is 2.14 bits per heavy atom. The number of carbonyl (C=O) groups is 2. The van der Waals surface area contributed by atoms with Gasteiger partial charge >= 0.3 is 5.97 Å². The highest BCUT2D eigenvalue weighted by molar-refractivity contribution is 5.89. The molecule has 3 atom stereocenters. The summed E-state index contributed by atoms with van der Waals surface area (Å²) in [7, 11) is 0. The first-order chi connectivity index (χ1) is 6.68. The fourth-order valence-electron chi connectivity index (χ4n) is 1.71. The molecule has 0 aromatic rings. The molecule has 1 aliphatic heterocycles. The van der Waals surface area contributed by atoms with Gasteiger partial charge in [-0.15, -0.1) is 0 Å². The van der Waals surface area contributed by atoms with Crippen LogP contribution >= 0.6 is 0 Å². The minimum Gasteiger partial charge on any atom is -0.481 e. The average molecular weight is 199 g/mol. The summed E-state index contributed by atoms with van der Waals surface area (Å²) in [5, 5.41) is 11.4. The van der Waals surface area contributed by atoms with Crippen LogP contribution < -0.4 is 5.32 Å². The van der Waals surface area contributed by atoms with Crippen molar-refractivity contribution in [3.05, 3.63) is 0 Å². The zero-order chi connectivity index (χ0) is 10.1. The van der Waals surface area contributed by atoms with Crippen LogP contribution in [0, 0.1) is 11.8 Å². The summed E-state index contributed by atoms with van der Waals surface area (Å²) in [5.41, 5.74) is 0. The maximum absolute atomic E-state index is 11.4. The Bertz CT molecular complexity index is 260. The molecule has 2 N–H and O–H groups in total. The zero-order valence-electron chi connectivity index (χ0n) is 7.73. The molecule has 5 nitrogen and oxygen atoms in total. The second-order valence-corrected chi connectivity index (χ2v) is 3.86. The smallest absolute Gasteiger partial charge is 0.307 e. The van der Waals surface area contributed by atoms with Crippen LogP contribution in [0.5, 0.6) is 0 Å². The second kappa shape index (κ2) is 3.57. The van der Waals surface area contributed by atoms with Gasteiger partial charge < -0.3 is 15.2 Å². The van der Waals surface area contributed by atoms with Crippen molar-refractivity contribution < 1.29 is 19.4 Å². The van der Waals surface area contributed by atoms with E-state index >= 15 is 0 Å². The van der Waals surface area contributed by atoms with Gasteiger partial charge in [-0.1, -0.05) is 0 Å². The zero-order valence-corrected chi connectivity index (χ0v) is 7.73. The number of carbonyl (C=O) groups excluding carboxylic acids is 1. The molecular formula is C9H13NO4. The lowest BCUT2D eigenvalue weighted by molar-refractivity contribution is -0.140. The molecule has 2 aliphatic rings. The number of ether oxygens (including phenoxy) is 1. The van der Waals surface area contributed by atoms with Crippen LogP contribution in [0.2, 0.25) is 0 Å². The second-order valence-electron chi connectivity index (χ2n) is 3.86. The summed E-state index contributed by atoms with van der Waals surface area (Å²) < 4.78 is 5.10. The first-order valence-electron chi connectivity index (χ1n) is 4.79. The molecule has 78 valence electrons. The van der Waals surface area contributed by atoms with Gasteiger partial charge in [-0.05, 0) is 12.8 Å². The van der Waals surface area contributed by atoms with Crippen LogP contribution in [0.4, 0.5) is 0 Å². The van der Waals surface area contributed by atoms with Crippen molar-refractivity contribution in [2.45, 2.75) is 18.9 Å². The number of carboxylic acids is 1. The topological polar surface area (TPSA) is 75.6 Å². The van der Waals surface area contributed by atoms with Gasteiger partial charge in [-0.2, -0.15) is 0 Å². The van der Waals surface area contributed by atoms with Gasteiger partial charge in [0.05, 0.1) is 24.5 Å². The molecule has 1 saturated heterocycles. The Hall–Kier alpha value is -1.10. The minimum absolute atomic E-state index is 0.0811. The third-order valence-corrected chi connectivity index (χ3v) is 2.72. The maximum Gasteiger partial charge on any atom is 0.307 e. The van der Waals surface area contributed by atoms with Crippen LogP contribution in [0.25, 0.3) is 0 Å². The fraction of sp³-hybridized carbons (Fsp3) is 0.778. The van der Waals surface area contributed by atoms with Gasteiger partial charge in [0.25, 0.3) is 0 Å².